The molecule has 10 aromatic rings. The van der Waals surface area contributed by atoms with E-state index in [2.05, 4.69) is 121 Å². The third kappa shape index (κ3) is 6.52. The minimum absolute atomic E-state index is 0.546. The van der Waals surface area contributed by atoms with Crippen LogP contribution in [-0.4, -0.2) is 15.0 Å². The summed E-state index contributed by atoms with van der Waals surface area (Å²) in [5, 5.41) is 11.4. The Balaban J connectivity index is 1.07. The van der Waals surface area contributed by atoms with E-state index in [0.717, 1.165) is 72.0 Å². The van der Waals surface area contributed by atoms with Crippen LogP contribution in [0.1, 0.15) is 5.56 Å². The Bertz CT molecular complexity index is 3090. The molecule has 2 heterocycles. The van der Waals surface area contributed by atoms with E-state index in [1.54, 1.807) is 0 Å². The molecular weight excluding hydrogens is 697 g/mol. The third-order valence-corrected chi connectivity index (χ3v) is 10.4. The Kier molecular flexibility index (Phi) is 8.48. The summed E-state index contributed by atoms with van der Waals surface area (Å²) in [7, 11) is 0. The number of benzene rings is 8. The van der Waals surface area contributed by atoms with Crippen molar-refractivity contribution >= 4 is 21.9 Å². The van der Waals surface area contributed by atoms with Gasteiger partial charge in [0.25, 0.3) is 0 Å². The van der Waals surface area contributed by atoms with Crippen molar-refractivity contribution in [3.8, 4) is 84.7 Å². The SMILES string of the molecule is N#Cc1ccc(-c2cccc(-c3nc(-c4ccc(-c5ccccc5)cc4)nc(-c4ccc5c(c4)oc4cccc(-c6ccc(-c7ccccc7)cc6)c45)n3)c2)cc1. The van der Waals surface area contributed by atoms with Crippen LogP contribution in [0.15, 0.2) is 199 Å². The van der Waals surface area contributed by atoms with Crippen LogP contribution in [0.4, 0.5) is 0 Å². The lowest BCUT2D eigenvalue weighted by molar-refractivity contribution is 0.669. The molecule has 0 aliphatic heterocycles. The lowest BCUT2D eigenvalue weighted by Gasteiger charge is -2.10. The first-order chi connectivity index (χ1) is 28.2. The Morgan fingerprint density at radius 3 is 1.44 bits per heavy atom. The van der Waals surface area contributed by atoms with Crippen LogP contribution >= 0.6 is 0 Å². The molecule has 0 spiro atoms. The van der Waals surface area contributed by atoms with Crippen LogP contribution in [0.5, 0.6) is 0 Å². The van der Waals surface area contributed by atoms with E-state index in [9.17, 15) is 5.26 Å². The number of nitrogens with zero attached hydrogens (tertiary/aromatic N) is 4. The highest BCUT2D eigenvalue weighted by Gasteiger charge is 2.17. The molecule has 0 unspecified atom stereocenters. The van der Waals surface area contributed by atoms with E-state index in [4.69, 9.17) is 19.4 Å². The lowest BCUT2D eigenvalue weighted by Crippen LogP contribution is -2.00. The summed E-state index contributed by atoms with van der Waals surface area (Å²) in [6, 6.07) is 68.2. The van der Waals surface area contributed by atoms with Gasteiger partial charge in [-0.2, -0.15) is 5.26 Å². The Morgan fingerprint density at radius 2 is 0.807 bits per heavy atom. The highest BCUT2D eigenvalue weighted by atomic mass is 16.3. The Hall–Kier alpha value is -7.94. The molecule has 5 nitrogen and oxygen atoms in total. The Labute approximate surface area is 329 Å². The van der Waals surface area contributed by atoms with E-state index < -0.39 is 0 Å². The zero-order chi connectivity index (χ0) is 38.1. The molecule has 0 saturated heterocycles. The second-order valence-electron chi connectivity index (χ2n) is 14.0. The van der Waals surface area contributed by atoms with Gasteiger partial charge in [0.05, 0.1) is 11.6 Å². The van der Waals surface area contributed by atoms with E-state index in [1.807, 2.05) is 78.9 Å². The van der Waals surface area contributed by atoms with Gasteiger partial charge in [-0.3, -0.25) is 0 Å². The fraction of sp³-hybridized carbons (Fsp3) is 0. The fourth-order valence-corrected chi connectivity index (χ4v) is 7.46. The van der Waals surface area contributed by atoms with Gasteiger partial charge in [-0.05, 0) is 80.9 Å². The van der Waals surface area contributed by atoms with E-state index >= 15 is 0 Å². The topological polar surface area (TPSA) is 75.6 Å². The number of rotatable bonds is 7. The molecule has 0 N–H and O–H groups in total. The average molecular weight is 729 g/mol. The van der Waals surface area contributed by atoms with Crippen LogP contribution in [0, 0.1) is 11.3 Å². The summed E-state index contributed by atoms with van der Waals surface area (Å²) >= 11 is 0. The van der Waals surface area contributed by atoms with Crippen LogP contribution in [0.2, 0.25) is 0 Å². The number of furan rings is 1. The van der Waals surface area contributed by atoms with Crippen molar-refractivity contribution in [2.75, 3.05) is 0 Å². The predicted octanol–water partition coefficient (Wildman–Crippen LogP) is 13.3. The first-order valence-corrected chi connectivity index (χ1v) is 18.8. The summed E-state index contributed by atoms with van der Waals surface area (Å²) in [5.74, 6) is 1.68. The number of hydrogen-bond donors (Lipinski definition) is 0. The highest BCUT2D eigenvalue weighted by molar-refractivity contribution is 6.13. The number of hydrogen-bond acceptors (Lipinski definition) is 5. The molecule has 57 heavy (non-hydrogen) atoms. The monoisotopic (exact) mass is 728 g/mol. The van der Waals surface area contributed by atoms with Gasteiger partial charge in [0.2, 0.25) is 0 Å². The van der Waals surface area contributed by atoms with Gasteiger partial charge in [0.15, 0.2) is 17.5 Å². The van der Waals surface area contributed by atoms with Gasteiger partial charge in [0, 0.05) is 27.5 Å². The molecule has 8 aromatic carbocycles. The fourth-order valence-electron chi connectivity index (χ4n) is 7.46. The van der Waals surface area contributed by atoms with Crippen molar-refractivity contribution in [3.63, 3.8) is 0 Å². The maximum Gasteiger partial charge on any atom is 0.164 e. The molecule has 2 aromatic heterocycles. The largest absolute Gasteiger partial charge is 0.456 e. The van der Waals surface area contributed by atoms with Crippen molar-refractivity contribution in [2.45, 2.75) is 0 Å². The molecule has 0 saturated carbocycles. The molecule has 0 aliphatic rings. The van der Waals surface area contributed by atoms with Gasteiger partial charge in [-0.1, -0.05) is 158 Å². The molecule has 0 aliphatic carbocycles. The number of fused-ring (bicyclic) bond motifs is 3. The first kappa shape index (κ1) is 33.6. The third-order valence-electron chi connectivity index (χ3n) is 10.4. The first-order valence-electron chi connectivity index (χ1n) is 18.8. The second kappa shape index (κ2) is 14.4. The predicted molar refractivity (Wildman–Crippen MR) is 230 cm³/mol. The van der Waals surface area contributed by atoms with Crippen molar-refractivity contribution in [3.05, 3.63) is 200 Å². The minimum Gasteiger partial charge on any atom is -0.456 e. The molecule has 0 radical (unpaired) electrons. The number of nitriles is 1. The minimum atomic E-state index is 0.546. The van der Waals surface area contributed by atoms with Crippen LogP contribution < -0.4 is 0 Å². The Morgan fingerprint density at radius 1 is 0.351 bits per heavy atom. The van der Waals surface area contributed by atoms with Gasteiger partial charge < -0.3 is 4.42 Å². The van der Waals surface area contributed by atoms with Crippen molar-refractivity contribution in [1.82, 2.24) is 15.0 Å². The van der Waals surface area contributed by atoms with E-state index in [0.29, 0.717) is 23.0 Å². The maximum atomic E-state index is 9.32. The van der Waals surface area contributed by atoms with Gasteiger partial charge in [-0.15, -0.1) is 0 Å². The average Bonchev–Trinajstić information content (AvgIpc) is 3.68. The highest BCUT2D eigenvalue weighted by Crippen LogP contribution is 2.39. The molecule has 266 valence electrons. The van der Waals surface area contributed by atoms with Crippen LogP contribution in [-0.2, 0) is 0 Å². The quantitative estimate of drug-likeness (QED) is 0.163. The van der Waals surface area contributed by atoms with Crippen molar-refractivity contribution < 1.29 is 4.42 Å². The molecule has 0 atom stereocenters. The van der Waals surface area contributed by atoms with E-state index in [1.165, 1.54) is 11.1 Å². The molecule has 0 fully saturated rings. The lowest BCUT2D eigenvalue weighted by atomic mass is 9.96. The van der Waals surface area contributed by atoms with Crippen LogP contribution in [0.25, 0.3) is 101 Å². The smallest absolute Gasteiger partial charge is 0.164 e. The summed E-state index contributed by atoms with van der Waals surface area (Å²) in [6.45, 7) is 0. The molecule has 0 amide bonds. The van der Waals surface area contributed by atoms with Gasteiger partial charge in [-0.25, -0.2) is 15.0 Å². The molecular formula is C52H32N4O. The summed E-state index contributed by atoms with van der Waals surface area (Å²) in [5.41, 5.74) is 13.6. The second-order valence-corrected chi connectivity index (χ2v) is 14.0. The van der Waals surface area contributed by atoms with Crippen molar-refractivity contribution in [1.29, 1.82) is 5.26 Å². The summed E-state index contributed by atoms with van der Waals surface area (Å²) in [4.78, 5) is 15.2. The zero-order valence-electron chi connectivity index (χ0n) is 30.7. The maximum absolute atomic E-state index is 9.32. The van der Waals surface area contributed by atoms with Crippen LogP contribution in [0.3, 0.4) is 0 Å². The van der Waals surface area contributed by atoms with Crippen molar-refractivity contribution in [2.24, 2.45) is 0 Å². The van der Waals surface area contributed by atoms with Gasteiger partial charge >= 0.3 is 0 Å². The summed E-state index contributed by atoms with van der Waals surface area (Å²) < 4.78 is 6.54. The number of aromatic nitrogens is 3. The van der Waals surface area contributed by atoms with Gasteiger partial charge in [0.1, 0.15) is 11.2 Å². The molecule has 5 heteroatoms. The normalized spacial score (nSPS) is 11.1. The standard InChI is InChI=1S/C52H32N4O/c53-33-34-17-19-39(20-18-34)42-13-7-14-43(31-42)51-54-50(41-27-23-38(24-28-41)36-11-5-2-6-12-36)55-52(56-51)44-29-30-46-48(32-44)57-47-16-8-15-45(49(46)47)40-25-21-37(22-26-40)35-9-3-1-4-10-35/h1-32H. The zero-order valence-corrected chi connectivity index (χ0v) is 30.7. The molecule has 10 rings (SSSR count). The van der Waals surface area contributed by atoms with E-state index in [-0.39, 0.29) is 0 Å². The molecule has 0 bridgehead atoms. The summed E-state index contributed by atoms with van der Waals surface area (Å²) in [6.07, 6.45) is 0.